The molecular weight excluding hydrogens is 98.0 g/mol. The summed E-state index contributed by atoms with van der Waals surface area (Å²) in [6.45, 7) is 0. The Labute approximate surface area is 39.9 Å². The monoisotopic (exact) mass is 105 g/mol. The Morgan fingerprint density at radius 2 is 1.57 bits per heavy atom. The van der Waals surface area contributed by atoms with Gasteiger partial charge in [0.1, 0.15) is 0 Å². The molecule has 5 heteroatoms. The molecule has 1 aliphatic rings. The van der Waals surface area contributed by atoms with E-state index in [9.17, 15) is 0 Å². The minimum Gasteiger partial charge on any atom is -0.188 e. The van der Waals surface area contributed by atoms with Crippen LogP contribution in [0.5, 0.6) is 0 Å². The molecule has 5 nitrogen and oxygen atoms in total. The van der Waals surface area contributed by atoms with Gasteiger partial charge in [-0.15, -0.1) is 0 Å². The highest BCUT2D eigenvalue weighted by molar-refractivity contribution is 4.52. The van der Waals surface area contributed by atoms with Gasteiger partial charge in [-0.2, -0.15) is 10.4 Å². The summed E-state index contributed by atoms with van der Waals surface area (Å²) in [5.41, 5.74) is 2.25. The van der Waals surface area contributed by atoms with Gasteiger partial charge in [-0.25, -0.2) is 0 Å². The van der Waals surface area contributed by atoms with Crippen LogP contribution >= 0.6 is 0 Å². The Balaban J connectivity index is 2.42. The number of hydrogen-bond donors (Lipinski definition) is 5. The molecule has 0 aliphatic carbocycles. The number of quaternary nitrogens is 2. The molecule has 2 unspecified atom stereocenters. The van der Waals surface area contributed by atoms with Crippen molar-refractivity contribution in [2.75, 3.05) is 0 Å². The first-order valence-electron chi connectivity index (χ1n) is 1.86. The second-order valence-corrected chi connectivity index (χ2v) is 1.23. The van der Waals surface area contributed by atoms with Gasteiger partial charge in [0.05, 0.1) is 5.53 Å². The second kappa shape index (κ2) is 1.57. The summed E-state index contributed by atoms with van der Waals surface area (Å²) in [6.07, 6.45) is 2.74. The Kier molecular flexibility index (Phi) is 1.05. The summed E-state index contributed by atoms with van der Waals surface area (Å²) in [4.78, 5) is 0. The lowest BCUT2D eigenvalue weighted by atomic mass is 11.0. The normalized spacial score (nSPS) is 39.7. The quantitative estimate of drug-likeness (QED) is 0.221. The van der Waals surface area contributed by atoms with Crippen LogP contribution in [0.15, 0.2) is 12.4 Å². The average Bonchev–Trinajstić information content (AvgIpc) is 1.87. The van der Waals surface area contributed by atoms with Gasteiger partial charge < -0.3 is 0 Å². The lowest BCUT2D eigenvalue weighted by molar-refractivity contribution is -1.25. The van der Waals surface area contributed by atoms with Gasteiger partial charge >= 0.3 is 0 Å². The van der Waals surface area contributed by atoms with E-state index in [0.29, 0.717) is 0 Å². The van der Waals surface area contributed by atoms with Crippen LogP contribution in [0, 0.1) is 0 Å². The van der Waals surface area contributed by atoms with Crippen LogP contribution in [-0.4, -0.2) is 10.4 Å². The van der Waals surface area contributed by atoms with Crippen molar-refractivity contribution >= 4 is 0 Å². The SMILES string of the molecule is O[NH+]1C=C[NH+](O)N1. The molecule has 0 spiro atoms. The molecule has 2 atom stereocenters. The molecule has 0 radical (unpaired) electrons. The maximum absolute atomic E-state index is 8.44. The van der Waals surface area contributed by atoms with Crippen LogP contribution in [-0.2, 0) is 0 Å². The summed E-state index contributed by atoms with van der Waals surface area (Å²) < 4.78 is 0. The lowest BCUT2D eigenvalue weighted by Gasteiger charge is -1.95. The number of hydrogen-bond acceptors (Lipinski definition) is 3. The van der Waals surface area contributed by atoms with E-state index in [1.54, 1.807) is 0 Å². The largest absolute Gasteiger partial charge is 0.210 e. The first kappa shape index (κ1) is 4.69. The fourth-order valence-corrected chi connectivity index (χ4v) is 0.372. The summed E-state index contributed by atoms with van der Waals surface area (Å²) >= 11 is 0. The fraction of sp³-hybridized carbons (Fsp3) is 0. The van der Waals surface area contributed by atoms with E-state index in [-0.39, 0.29) is 10.3 Å². The van der Waals surface area contributed by atoms with E-state index in [2.05, 4.69) is 5.53 Å². The fourth-order valence-electron chi connectivity index (χ4n) is 0.372. The molecule has 1 heterocycles. The molecule has 5 N–H and O–H groups in total. The molecule has 0 bridgehead atoms. The number of rotatable bonds is 0. The van der Waals surface area contributed by atoms with Crippen molar-refractivity contribution in [3.05, 3.63) is 12.4 Å². The third-order valence-electron chi connectivity index (χ3n) is 0.655. The number of nitrogens with one attached hydrogen (secondary N) is 3. The van der Waals surface area contributed by atoms with E-state index in [4.69, 9.17) is 10.4 Å². The lowest BCUT2D eigenvalue weighted by Crippen LogP contribution is -3.30. The molecule has 0 amide bonds. The van der Waals surface area contributed by atoms with Gasteiger partial charge in [0.15, 0.2) is 0 Å². The molecule has 7 heavy (non-hydrogen) atoms. The zero-order chi connectivity index (χ0) is 5.28. The standard InChI is InChI=1S/C2H5N3O2/c6-4-1-2-5(7)3-4/h1-3,6-7H/p+2. The zero-order valence-electron chi connectivity index (χ0n) is 3.55. The number of hydroxylamine groups is 2. The maximum atomic E-state index is 8.44. The summed E-state index contributed by atoms with van der Waals surface area (Å²) in [6, 6.07) is 0. The highest BCUT2D eigenvalue weighted by Gasteiger charge is 2.16. The van der Waals surface area contributed by atoms with Gasteiger partial charge in [-0.3, -0.25) is 0 Å². The van der Waals surface area contributed by atoms with E-state index in [1.165, 1.54) is 12.4 Å². The summed E-state index contributed by atoms with van der Waals surface area (Å²) in [5, 5.41) is 16.8. The third kappa shape index (κ3) is 0.952. The predicted molar refractivity (Wildman–Crippen MR) is 17.8 cm³/mol. The average molecular weight is 105 g/mol. The van der Waals surface area contributed by atoms with Crippen LogP contribution in [0.1, 0.15) is 0 Å². The van der Waals surface area contributed by atoms with Crippen molar-refractivity contribution in [3.63, 3.8) is 0 Å². The minimum absolute atomic E-state index is 0.0162. The third-order valence-corrected chi connectivity index (χ3v) is 0.655. The molecule has 1 rings (SSSR count). The molecule has 0 aromatic carbocycles. The molecule has 40 valence electrons. The summed E-state index contributed by atoms with van der Waals surface area (Å²) in [7, 11) is 0. The molecule has 1 aliphatic heterocycles. The highest BCUT2D eigenvalue weighted by Crippen LogP contribution is 1.41. The van der Waals surface area contributed by atoms with Crippen LogP contribution in [0.25, 0.3) is 0 Å². The predicted octanol–water partition coefficient (Wildman–Crippen LogP) is -3.56. The first-order valence-corrected chi connectivity index (χ1v) is 1.86. The van der Waals surface area contributed by atoms with Crippen LogP contribution < -0.4 is 15.9 Å². The van der Waals surface area contributed by atoms with Crippen molar-refractivity contribution in [2.45, 2.75) is 0 Å². The van der Waals surface area contributed by atoms with E-state index in [1.807, 2.05) is 0 Å². The van der Waals surface area contributed by atoms with Gasteiger partial charge in [0.25, 0.3) is 0 Å². The second-order valence-electron chi connectivity index (χ2n) is 1.23. The van der Waals surface area contributed by atoms with Crippen LogP contribution in [0.2, 0.25) is 0 Å². The van der Waals surface area contributed by atoms with Crippen LogP contribution in [0.3, 0.4) is 0 Å². The molecule has 0 saturated carbocycles. The van der Waals surface area contributed by atoms with Gasteiger partial charge in [-0.1, -0.05) is 0 Å². The molecule has 0 fully saturated rings. The molecule has 0 aromatic heterocycles. The Morgan fingerprint density at radius 1 is 1.14 bits per heavy atom. The van der Waals surface area contributed by atoms with E-state index < -0.39 is 0 Å². The highest BCUT2D eigenvalue weighted by atomic mass is 16.6. The summed E-state index contributed by atoms with van der Waals surface area (Å²) in [5.74, 6) is 0. The molecule has 0 aromatic rings. The van der Waals surface area contributed by atoms with E-state index >= 15 is 0 Å². The van der Waals surface area contributed by atoms with Gasteiger partial charge in [0, 0.05) is 0 Å². The van der Waals surface area contributed by atoms with Crippen molar-refractivity contribution in [2.24, 2.45) is 0 Å². The van der Waals surface area contributed by atoms with Gasteiger partial charge in [-0.05, 0) is 10.3 Å². The Morgan fingerprint density at radius 3 is 1.71 bits per heavy atom. The molecule has 0 saturated heterocycles. The van der Waals surface area contributed by atoms with Crippen molar-refractivity contribution in [3.8, 4) is 0 Å². The van der Waals surface area contributed by atoms with Crippen molar-refractivity contribution in [1.29, 1.82) is 0 Å². The van der Waals surface area contributed by atoms with Crippen molar-refractivity contribution in [1.82, 2.24) is 5.53 Å². The maximum Gasteiger partial charge on any atom is 0.210 e. The molecular formula is C2H7N3O2+2. The topological polar surface area (TPSA) is 61.4 Å². The zero-order valence-corrected chi connectivity index (χ0v) is 3.55. The minimum atomic E-state index is -0.0162. The first-order chi connectivity index (χ1) is 3.29. The Bertz CT molecular complexity index is 82.9. The van der Waals surface area contributed by atoms with E-state index in [0.717, 1.165) is 0 Å². The smallest absolute Gasteiger partial charge is 0.188 e. The Hall–Kier alpha value is -0.460. The van der Waals surface area contributed by atoms with Crippen LogP contribution in [0.4, 0.5) is 0 Å². The van der Waals surface area contributed by atoms with Gasteiger partial charge in [0.2, 0.25) is 12.4 Å². The van der Waals surface area contributed by atoms with Crippen molar-refractivity contribution < 1.29 is 20.8 Å².